The first-order valence-corrected chi connectivity index (χ1v) is 7.42. The van der Waals surface area contributed by atoms with Gasteiger partial charge in [-0.15, -0.1) is 0 Å². The lowest BCUT2D eigenvalue weighted by Crippen LogP contribution is -2.54. The van der Waals surface area contributed by atoms with Gasteiger partial charge in [0.15, 0.2) is 0 Å². The number of piperazine rings is 1. The highest BCUT2D eigenvalue weighted by Gasteiger charge is 2.29. The summed E-state index contributed by atoms with van der Waals surface area (Å²) in [4.78, 5) is 16.0. The van der Waals surface area contributed by atoms with Gasteiger partial charge in [-0.05, 0) is 32.4 Å². The van der Waals surface area contributed by atoms with Crippen LogP contribution in [0.4, 0.5) is 0 Å². The molecule has 110 valence electrons. The molecular formula is C15H22N2O3. The number of aryl methyl sites for hydroxylation is 1. The van der Waals surface area contributed by atoms with E-state index in [-0.39, 0.29) is 5.56 Å². The monoisotopic (exact) mass is 278 g/mol. The Labute approximate surface area is 119 Å². The van der Waals surface area contributed by atoms with Gasteiger partial charge in [-0.25, -0.2) is 4.79 Å². The van der Waals surface area contributed by atoms with E-state index in [1.165, 1.54) is 25.8 Å². The lowest BCUT2D eigenvalue weighted by Gasteiger charge is -2.43. The van der Waals surface area contributed by atoms with Crippen LogP contribution in [-0.4, -0.2) is 53.1 Å². The van der Waals surface area contributed by atoms with Crippen molar-refractivity contribution in [1.82, 2.24) is 9.80 Å². The van der Waals surface area contributed by atoms with Crippen molar-refractivity contribution in [3.8, 4) is 0 Å². The summed E-state index contributed by atoms with van der Waals surface area (Å²) in [5, 5.41) is 9.06. The average Bonchev–Trinajstić information content (AvgIpc) is 2.79. The molecule has 3 rings (SSSR count). The van der Waals surface area contributed by atoms with Gasteiger partial charge in [0.25, 0.3) is 0 Å². The van der Waals surface area contributed by atoms with Crippen LogP contribution in [0.5, 0.6) is 0 Å². The van der Waals surface area contributed by atoms with Crippen molar-refractivity contribution < 1.29 is 14.3 Å². The standard InChI is InChI=1S/C15H22N2O3/c1-11-14(15(18)19)8-13(20-11)10-16-6-7-17-5-3-2-4-12(17)9-16/h8,12H,2-7,9-10H2,1H3,(H,18,19). The molecule has 1 atom stereocenters. The Bertz CT molecular complexity index is 497. The van der Waals surface area contributed by atoms with Crippen LogP contribution in [-0.2, 0) is 6.54 Å². The highest BCUT2D eigenvalue weighted by molar-refractivity contribution is 5.88. The maximum atomic E-state index is 11.0. The summed E-state index contributed by atoms with van der Waals surface area (Å²) in [5.74, 6) is 0.363. The fraction of sp³-hybridized carbons (Fsp3) is 0.667. The van der Waals surface area contributed by atoms with Crippen molar-refractivity contribution in [2.24, 2.45) is 0 Å². The first-order chi connectivity index (χ1) is 9.63. The number of aromatic carboxylic acids is 1. The molecule has 1 aromatic heterocycles. The highest BCUT2D eigenvalue weighted by Crippen LogP contribution is 2.23. The number of carboxylic acid groups (broad SMARTS) is 1. The number of fused-ring (bicyclic) bond motifs is 1. The molecule has 5 heteroatoms. The molecule has 2 aliphatic rings. The molecule has 2 fully saturated rings. The number of piperidine rings is 1. The van der Waals surface area contributed by atoms with Gasteiger partial charge in [-0.3, -0.25) is 9.80 Å². The van der Waals surface area contributed by atoms with Gasteiger partial charge in [0.2, 0.25) is 0 Å². The molecule has 1 aromatic rings. The molecule has 5 nitrogen and oxygen atoms in total. The van der Waals surface area contributed by atoms with Crippen LogP contribution in [0.1, 0.15) is 41.1 Å². The van der Waals surface area contributed by atoms with E-state index in [9.17, 15) is 4.79 Å². The van der Waals surface area contributed by atoms with Crippen molar-refractivity contribution in [3.05, 3.63) is 23.2 Å². The number of rotatable bonds is 3. The van der Waals surface area contributed by atoms with Gasteiger partial charge < -0.3 is 9.52 Å². The van der Waals surface area contributed by atoms with E-state index in [1.807, 2.05) is 0 Å². The minimum atomic E-state index is -0.908. The van der Waals surface area contributed by atoms with Gasteiger partial charge in [0, 0.05) is 25.7 Å². The predicted molar refractivity (Wildman–Crippen MR) is 74.9 cm³/mol. The SMILES string of the molecule is Cc1oc(CN2CCN3CCCCC3C2)cc1C(=O)O. The second kappa shape index (κ2) is 5.58. The Morgan fingerprint density at radius 2 is 2.25 bits per heavy atom. The Morgan fingerprint density at radius 1 is 1.40 bits per heavy atom. The van der Waals surface area contributed by atoms with E-state index in [0.29, 0.717) is 11.8 Å². The molecule has 3 heterocycles. The molecule has 20 heavy (non-hydrogen) atoms. The van der Waals surface area contributed by atoms with Gasteiger partial charge in [-0.2, -0.15) is 0 Å². The first-order valence-electron chi connectivity index (χ1n) is 7.42. The van der Waals surface area contributed by atoms with Crippen molar-refractivity contribution in [2.75, 3.05) is 26.2 Å². The largest absolute Gasteiger partial charge is 0.478 e. The minimum absolute atomic E-state index is 0.288. The Hall–Kier alpha value is -1.33. The van der Waals surface area contributed by atoms with E-state index in [4.69, 9.17) is 9.52 Å². The van der Waals surface area contributed by atoms with E-state index in [2.05, 4.69) is 9.80 Å². The normalized spacial score (nSPS) is 24.6. The predicted octanol–water partition coefficient (Wildman–Crippen LogP) is 1.96. The fourth-order valence-corrected chi connectivity index (χ4v) is 3.42. The minimum Gasteiger partial charge on any atom is -0.478 e. The maximum absolute atomic E-state index is 11.0. The van der Waals surface area contributed by atoms with Crippen molar-refractivity contribution in [1.29, 1.82) is 0 Å². The topological polar surface area (TPSA) is 56.9 Å². The average molecular weight is 278 g/mol. The third kappa shape index (κ3) is 2.74. The van der Waals surface area contributed by atoms with Gasteiger partial charge in [0.05, 0.1) is 6.54 Å². The lowest BCUT2D eigenvalue weighted by molar-refractivity contribution is 0.0425. The van der Waals surface area contributed by atoms with E-state index in [1.54, 1.807) is 13.0 Å². The van der Waals surface area contributed by atoms with Crippen LogP contribution in [0, 0.1) is 6.92 Å². The molecular weight excluding hydrogens is 256 g/mol. The second-order valence-electron chi connectivity index (χ2n) is 5.91. The van der Waals surface area contributed by atoms with Crippen LogP contribution in [0.15, 0.2) is 10.5 Å². The molecule has 2 aliphatic heterocycles. The van der Waals surface area contributed by atoms with E-state index < -0.39 is 5.97 Å². The highest BCUT2D eigenvalue weighted by atomic mass is 16.4. The molecule has 0 amide bonds. The fourth-order valence-electron chi connectivity index (χ4n) is 3.42. The van der Waals surface area contributed by atoms with Crippen LogP contribution >= 0.6 is 0 Å². The number of carbonyl (C=O) groups is 1. The third-order valence-electron chi connectivity index (χ3n) is 4.50. The number of furan rings is 1. The zero-order valence-electron chi connectivity index (χ0n) is 12.0. The third-order valence-corrected chi connectivity index (χ3v) is 4.50. The van der Waals surface area contributed by atoms with E-state index in [0.717, 1.165) is 31.9 Å². The molecule has 0 aliphatic carbocycles. The van der Waals surface area contributed by atoms with Crippen LogP contribution in [0.3, 0.4) is 0 Å². The van der Waals surface area contributed by atoms with Crippen LogP contribution in [0.2, 0.25) is 0 Å². The second-order valence-corrected chi connectivity index (χ2v) is 5.91. The van der Waals surface area contributed by atoms with E-state index >= 15 is 0 Å². The lowest BCUT2D eigenvalue weighted by atomic mass is 9.99. The molecule has 0 radical (unpaired) electrons. The number of hydrogen-bond acceptors (Lipinski definition) is 4. The van der Waals surface area contributed by atoms with Gasteiger partial charge >= 0.3 is 5.97 Å². The molecule has 0 bridgehead atoms. The smallest absolute Gasteiger partial charge is 0.339 e. The summed E-state index contributed by atoms with van der Waals surface area (Å²) in [5.41, 5.74) is 0.288. The van der Waals surface area contributed by atoms with Gasteiger partial charge in [0.1, 0.15) is 17.1 Å². The summed E-state index contributed by atoms with van der Waals surface area (Å²) in [7, 11) is 0. The Balaban J connectivity index is 1.63. The summed E-state index contributed by atoms with van der Waals surface area (Å²) >= 11 is 0. The van der Waals surface area contributed by atoms with Crippen molar-refractivity contribution >= 4 is 5.97 Å². The zero-order chi connectivity index (χ0) is 14.1. The molecule has 1 unspecified atom stereocenters. The van der Waals surface area contributed by atoms with Crippen molar-refractivity contribution in [2.45, 2.75) is 38.8 Å². The summed E-state index contributed by atoms with van der Waals surface area (Å²) < 4.78 is 5.58. The summed E-state index contributed by atoms with van der Waals surface area (Å²) in [6.45, 7) is 6.91. The van der Waals surface area contributed by atoms with Gasteiger partial charge in [-0.1, -0.05) is 6.42 Å². The van der Waals surface area contributed by atoms with Crippen LogP contribution < -0.4 is 0 Å². The number of hydrogen-bond donors (Lipinski definition) is 1. The summed E-state index contributed by atoms with van der Waals surface area (Å²) in [6, 6.07) is 2.35. The van der Waals surface area contributed by atoms with Crippen LogP contribution in [0.25, 0.3) is 0 Å². The Morgan fingerprint density at radius 3 is 3.00 bits per heavy atom. The van der Waals surface area contributed by atoms with Crippen molar-refractivity contribution in [3.63, 3.8) is 0 Å². The molecule has 1 N–H and O–H groups in total. The zero-order valence-corrected chi connectivity index (χ0v) is 12.0. The molecule has 2 saturated heterocycles. The molecule has 0 saturated carbocycles. The number of carboxylic acids is 1. The molecule has 0 aromatic carbocycles. The maximum Gasteiger partial charge on any atom is 0.339 e. The number of nitrogens with zero attached hydrogens (tertiary/aromatic N) is 2. The first kappa shape index (κ1) is 13.6. The quantitative estimate of drug-likeness (QED) is 0.916. The molecule has 0 spiro atoms. The summed E-state index contributed by atoms with van der Waals surface area (Å²) in [6.07, 6.45) is 3.95. The Kier molecular flexibility index (Phi) is 3.81.